The molecule has 0 rings (SSSR count). The molecule has 0 atom stereocenters. The molecule has 0 N–H and O–H groups in total. The number of ether oxygens (including phenoxy) is 1. The van der Waals surface area contributed by atoms with Crippen LogP contribution in [0.15, 0.2) is 36.8 Å². The van der Waals surface area contributed by atoms with E-state index in [2.05, 4.69) is 13.2 Å². The Bertz CT molecular complexity index is 322. The molecular weight excluding hydrogens is 240 g/mol. The quantitative estimate of drug-likeness (QED) is 0.525. The number of carbonyl (C=O) groups excluding carboxylic acids is 1. The number of hydrogen-bond acceptors (Lipinski definition) is 3. The number of likely N-dealkylation sites (N-methyl/N-ethyl adjacent to an activating group) is 2. The van der Waals surface area contributed by atoms with Crippen molar-refractivity contribution in [1.29, 1.82) is 0 Å². The van der Waals surface area contributed by atoms with Gasteiger partial charge >= 0.3 is 0 Å². The van der Waals surface area contributed by atoms with Crippen LogP contribution in [0.25, 0.3) is 0 Å². The first kappa shape index (κ1) is 19.6. The first-order valence-corrected chi connectivity index (χ1v) is 6.42. The Kier molecular flexibility index (Phi) is 11.8. The van der Waals surface area contributed by atoms with Crippen molar-refractivity contribution in [3.8, 4) is 0 Å². The number of amides is 1. The molecule has 0 fully saturated rings. The minimum absolute atomic E-state index is 0.0533. The highest BCUT2D eigenvalue weighted by Crippen LogP contribution is 2.12. The van der Waals surface area contributed by atoms with Gasteiger partial charge in [-0.15, -0.1) is 0 Å². The maximum atomic E-state index is 11.1. The number of rotatable bonds is 7. The molecule has 1 amide bonds. The van der Waals surface area contributed by atoms with Crippen molar-refractivity contribution < 1.29 is 9.53 Å². The second kappa shape index (κ2) is 11.4. The summed E-state index contributed by atoms with van der Waals surface area (Å²) in [4.78, 5) is 14.7. The van der Waals surface area contributed by atoms with Crippen LogP contribution in [0, 0.1) is 0 Å². The Morgan fingerprint density at radius 1 is 1.21 bits per heavy atom. The summed E-state index contributed by atoms with van der Waals surface area (Å²) in [6, 6.07) is 0. The van der Waals surface area contributed by atoms with Gasteiger partial charge in [0.05, 0.1) is 12.8 Å². The van der Waals surface area contributed by atoms with Crippen LogP contribution in [0.5, 0.6) is 0 Å². The van der Waals surface area contributed by atoms with Gasteiger partial charge in [-0.1, -0.05) is 33.1 Å². The molecule has 0 saturated heterocycles. The van der Waals surface area contributed by atoms with Crippen LogP contribution >= 0.6 is 0 Å². The maximum absolute atomic E-state index is 11.1. The lowest BCUT2D eigenvalue weighted by molar-refractivity contribution is -0.127. The average molecular weight is 268 g/mol. The monoisotopic (exact) mass is 268 g/mol. The Labute approximate surface area is 118 Å². The largest absolute Gasteiger partial charge is 0.495 e. The summed E-state index contributed by atoms with van der Waals surface area (Å²) in [5, 5.41) is 0. The molecule has 4 nitrogen and oxygen atoms in total. The van der Waals surface area contributed by atoms with E-state index in [-0.39, 0.29) is 5.91 Å². The van der Waals surface area contributed by atoms with E-state index in [9.17, 15) is 4.79 Å². The first-order valence-electron chi connectivity index (χ1n) is 6.42. The average Bonchev–Trinajstić information content (AvgIpc) is 2.42. The molecule has 4 heteroatoms. The zero-order valence-electron chi connectivity index (χ0n) is 13.2. The van der Waals surface area contributed by atoms with Gasteiger partial charge in [0.2, 0.25) is 5.91 Å². The maximum Gasteiger partial charge on any atom is 0.219 e. The fourth-order valence-electron chi connectivity index (χ4n) is 1.17. The lowest BCUT2D eigenvalue weighted by Crippen LogP contribution is -2.33. The zero-order valence-corrected chi connectivity index (χ0v) is 13.2. The molecule has 0 aromatic heterocycles. The van der Waals surface area contributed by atoms with E-state index in [1.807, 2.05) is 25.8 Å². The van der Waals surface area contributed by atoms with E-state index in [0.717, 1.165) is 5.70 Å². The van der Waals surface area contributed by atoms with Crippen molar-refractivity contribution in [3.63, 3.8) is 0 Å². The molecule has 0 aliphatic heterocycles. The highest BCUT2D eigenvalue weighted by atomic mass is 16.5. The van der Waals surface area contributed by atoms with Crippen molar-refractivity contribution in [2.24, 2.45) is 0 Å². The van der Waals surface area contributed by atoms with E-state index in [4.69, 9.17) is 4.74 Å². The van der Waals surface area contributed by atoms with Gasteiger partial charge in [-0.25, -0.2) is 0 Å². The standard InChI is InChI=1S/C13H22N2O2.C2H6/c1-7-8-13(17-6)11(2)14(4)9-10-15(5)12(3)16;1-2/h7-8H,1-2,9-10H2,3-6H3;1-2H3/b13-8+;. The van der Waals surface area contributed by atoms with Gasteiger partial charge in [0.25, 0.3) is 0 Å². The van der Waals surface area contributed by atoms with Gasteiger partial charge in [0.15, 0.2) is 0 Å². The van der Waals surface area contributed by atoms with Gasteiger partial charge in [0.1, 0.15) is 5.76 Å². The van der Waals surface area contributed by atoms with Crippen LogP contribution in [0.2, 0.25) is 0 Å². The van der Waals surface area contributed by atoms with Crippen molar-refractivity contribution in [2.75, 3.05) is 34.3 Å². The molecule has 0 radical (unpaired) electrons. The highest BCUT2D eigenvalue weighted by Gasteiger charge is 2.09. The van der Waals surface area contributed by atoms with Gasteiger partial charge in [-0.05, 0) is 6.08 Å². The molecule has 0 bridgehead atoms. The Balaban J connectivity index is 0. The topological polar surface area (TPSA) is 32.8 Å². The molecule has 0 unspecified atom stereocenters. The Hall–Kier alpha value is -1.71. The summed E-state index contributed by atoms with van der Waals surface area (Å²) < 4.78 is 5.20. The summed E-state index contributed by atoms with van der Waals surface area (Å²) in [6.45, 7) is 14.5. The van der Waals surface area contributed by atoms with Crippen molar-refractivity contribution in [1.82, 2.24) is 9.80 Å². The third-order valence-electron chi connectivity index (χ3n) is 2.54. The normalized spacial score (nSPS) is 9.89. The molecule has 19 heavy (non-hydrogen) atoms. The first-order chi connectivity index (χ1) is 8.93. The second-order valence-corrected chi connectivity index (χ2v) is 3.78. The molecule has 0 aromatic rings. The third kappa shape index (κ3) is 8.08. The van der Waals surface area contributed by atoms with Crippen LogP contribution in [-0.4, -0.2) is 50.0 Å². The van der Waals surface area contributed by atoms with Gasteiger partial charge < -0.3 is 14.5 Å². The summed E-state index contributed by atoms with van der Waals surface area (Å²) in [5.41, 5.74) is 0.768. The lowest BCUT2D eigenvalue weighted by Gasteiger charge is -2.25. The van der Waals surface area contributed by atoms with Crippen molar-refractivity contribution >= 4 is 5.91 Å². The van der Waals surface area contributed by atoms with Crippen LogP contribution in [0.3, 0.4) is 0 Å². The molecule has 0 saturated carbocycles. The number of hydrogen-bond donors (Lipinski definition) is 0. The highest BCUT2D eigenvalue weighted by molar-refractivity contribution is 5.72. The van der Waals surface area contributed by atoms with Gasteiger partial charge in [-0.3, -0.25) is 4.79 Å². The van der Waals surface area contributed by atoms with Crippen molar-refractivity contribution in [2.45, 2.75) is 20.8 Å². The van der Waals surface area contributed by atoms with Crippen LogP contribution in [0.4, 0.5) is 0 Å². The molecule has 0 aromatic carbocycles. The van der Waals surface area contributed by atoms with Crippen LogP contribution in [-0.2, 0) is 9.53 Å². The minimum atomic E-state index is 0.0533. The van der Waals surface area contributed by atoms with E-state index in [1.165, 1.54) is 0 Å². The molecule has 110 valence electrons. The Morgan fingerprint density at radius 2 is 1.68 bits per heavy atom. The SMILES string of the molecule is C=C/C=C(/OC)C(=C)N(C)CCN(C)C(C)=O.CC. The molecule has 0 spiro atoms. The predicted octanol–water partition coefficient (Wildman–Crippen LogP) is 2.65. The zero-order chi connectivity index (χ0) is 15.4. The number of carbonyl (C=O) groups is 1. The fourth-order valence-corrected chi connectivity index (χ4v) is 1.17. The summed E-state index contributed by atoms with van der Waals surface area (Å²) in [7, 11) is 5.28. The minimum Gasteiger partial charge on any atom is -0.495 e. The number of methoxy groups -OCH3 is 1. The fraction of sp³-hybridized carbons (Fsp3) is 0.533. The van der Waals surface area contributed by atoms with Crippen LogP contribution < -0.4 is 0 Å². The third-order valence-corrected chi connectivity index (χ3v) is 2.54. The number of allylic oxidation sites excluding steroid dienone is 2. The van der Waals surface area contributed by atoms with Crippen LogP contribution in [0.1, 0.15) is 20.8 Å². The van der Waals surface area contributed by atoms with Crippen molar-refractivity contribution in [3.05, 3.63) is 36.8 Å². The smallest absolute Gasteiger partial charge is 0.219 e. The molecule has 0 aliphatic carbocycles. The lowest BCUT2D eigenvalue weighted by atomic mass is 10.3. The van der Waals surface area contributed by atoms with E-state index >= 15 is 0 Å². The van der Waals surface area contributed by atoms with E-state index < -0.39 is 0 Å². The second-order valence-electron chi connectivity index (χ2n) is 3.78. The summed E-state index contributed by atoms with van der Waals surface area (Å²) >= 11 is 0. The molecule has 0 heterocycles. The molecule has 0 aliphatic rings. The van der Waals surface area contributed by atoms with E-state index in [1.54, 1.807) is 38.1 Å². The van der Waals surface area contributed by atoms with Gasteiger partial charge in [-0.2, -0.15) is 0 Å². The Morgan fingerprint density at radius 3 is 2.05 bits per heavy atom. The predicted molar refractivity (Wildman–Crippen MR) is 81.7 cm³/mol. The summed E-state index contributed by atoms with van der Waals surface area (Å²) in [6.07, 6.45) is 3.41. The number of nitrogens with zero attached hydrogens (tertiary/aromatic N) is 2. The van der Waals surface area contributed by atoms with E-state index in [0.29, 0.717) is 18.8 Å². The van der Waals surface area contributed by atoms with Gasteiger partial charge in [0, 0.05) is 34.1 Å². The summed E-state index contributed by atoms with van der Waals surface area (Å²) in [5.74, 6) is 0.727. The molecular formula is C15H28N2O2.